The lowest BCUT2D eigenvalue weighted by Gasteiger charge is -2.34. The smallest absolute Gasteiger partial charge is 0.215 e. The Balaban J connectivity index is 1.67. The minimum Gasteiger partial charge on any atom is -0.295 e. The molecule has 1 aliphatic rings. The highest BCUT2D eigenvalue weighted by molar-refractivity contribution is 7.88. The van der Waals surface area contributed by atoms with Crippen LogP contribution in [0.15, 0.2) is 41.1 Å². The van der Waals surface area contributed by atoms with Crippen LogP contribution in [0.5, 0.6) is 0 Å². The maximum Gasteiger partial charge on any atom is 0.215 e. The molecule has 6 heteroatoms. The molecule has 2 heterocycles. The van der Waals surface area contributed by atoms with Crippen molar-refractivity contribution in [2.75, 3.05) is 19.6 Å². The van der Waals surface area contributed by atoms with Gasteiger partial charge in [0, 0.05) is 12.6 Å². The van der Waals surface area contributed by atoms with Crippen molar-refractivity contribution in [3.05, 3.63) is 57.8 Å². The van der Waals surface area contributed by atoms with Gasteiger partial charge in [-0.3, -0.25) is 4.90 Å². The Hall–Kier alpha value is -1.21. The lowest BCUT2D eigenvalue weighted by Crippen LogP contribution is -2.40. The van der Waals surface area contributed by atoms with Gasteiger partial charge in [-0.2, -0.15) is 11.3 Å². The summed E-state index contributed by atoms with van der Waals surface area (Å²) in [5.41, 5.74) is 3.12. The zero-order valence-corrected chi connectivity index (χ0v) is 16.3. The van der Waals surface area contributed by atoms with E-state index in [2.05, 4.69) is 26.4 Å². The monoisotopic (exact) mass is 378 g/mol. The molecule has 0 amide bonds. The van der Waals surface area contributed by atoms with E-state index in [1.165, 1.54) is 24.8 Å². The number of piperidine rings is 1. The van der Waals surface area contributed by atoms with Crippen molar-refractivity contribution in [2.24, 2.45) is 0 Å². The fourth-order valence-electron chi connectivity index (χ4n) is 3.43. The third kappa shape index (κ3) is 5.38. The summed E-state index contributed by atoms with van der Waals surface area (Å²) in [5, 5.41) is 4.20. The van der Waals surface area contributed by atoms with E-state index < -0.39 is 10.0 Å². The molecule has 1 aliphatic heterocycles. The molecule has 1 aromatic heterocycles. The zero-order valence-electron chi connectivity index (χ0n) is 14.6. The number of likely N-dealkylation sites (tertiary alicyclic amines) is 1. The lowest BCUT2D eigenvalue weighted by molar-refractivity contribution is 0.165. The second-order valence-corrected chi connectivity index (χ2v) is 9.35. The van der Waals surface area contributed by atoms with Gasteiger partial charge in [0.1, 0.15) is 0 Å². The van der Waals surface area contributed by atoms with Crippen molar-refractivity contribution in [1.29, 1.82) is 0 Å². The van der Waals surface area contributed by atoms with Gasteiger partial charge >= 0.3 is 0 Å². The van der Waals surface area contributed by atoms with Gasteiger partial charge in [-0.15, -0.1) is 0 Å². The molecule has 3 rings (SSSR count). The highest BCUT2D eigenvalue weighted by Gasteiger charge is 2.24. The Morgan fingerprint density at radius 2 is 2.00 bits per heavy atom. The molecule has 1 fully saturated rings. The molecule has 0 radical (unpaired) electrons. The van der Waals surface area contributed by atoms with Crippen molar-refractivity contribution in [3.8, 4) is 0 Å². The van der Waals surface area contributed by atoms with Gasteiger partial charge in [0.25, 0.3) is 0 Å². The van der Waals surface area contributed by atoms with Gasteiger partial charge in [-0.1, -0.05) is 36.2 Å². The van der Waals surface area contributed by atoms with Crippen LogP contribution < -0.4 is 4.72 Å². The number of thiophene rings is 1. The largest absolute Gasteiger partial charge is 0.295 e. The van der Waals surface area contributed by atoms with Crippen molar-refractivity contribution < 1.29 is 8.42 Å². The summed E-state index contributed by atoms with van der Waals surface area (Å²) < 4.78 is 27.9. The Bertz CT molecular complexity index is 766. The maximum atomic E-state index is 12.5. The average molecular weight is 379 g/mol. The topological polar surface area (TPSA) is 49.4 Å². The Kier molecular flexibility index (Phi) is 6.28. The van der Waals surface area contributed by atoms with E-state index >= 15 is 0 Å². The third-order valence-electron chi connectivity index (χ3n) is 4.70. The summed E-state index contributed by atoms with van der Waals surface area (Å²) in [6.45, 7) is 4.50. The minimum absolute atomic E-state index is 0.0328. The van der Waals surface area contributed by atoms with Gasteiger partial charge in [0.05, 0.1) is 5.75 Å². The van der Waals surface area contributed by atoms with Gasteiger partial charge in [-0.05, 0) is 60.8 Å². The summed E-state index contributed by atoms with van der Waals surface area (Å²) >= 11 is 1.67. The van der Waals surface area contributed by atoms with Crippen molar-refractivity contribution >= 4 is 21.4 Å². The molecular formula is C19H26N2O2S2. The summed E-state index contributed by atoms with van der Waals surface area (Å²) in [6.07, 6.45) is 3.65. The number of aryl methyl sites for hydroxylation is 1. The average Bonchev–Trinajstić information content (AvgIpc) is 3.10. The van der Waals surface area contributed by atoms with E-state index in [4.69, 9.17) is 0 Å². The van der Waals surface area contributed by atoms with Crippen LogP contribution in [0.25, 0.3) is 0 Å². The molecule has 25 heavy (non-hydrogen) atoms. The molecule has 1 saturated heterocycles. The van der Waals surface area contributed by atoms with Crippen LogP contribution in [0.2, 0.25) is 0 Å². The number of hydrogen-bond donors (Lipinski definition) is 1. The molecule has 0 bridgehead atoms. The summed E-state index contributed by atoms with van der Waals surface area (Å²) in [4.78, 5) is 2.42. The van der Waals surface area contributed by atoms with E-state index in [1.54, 1.807) is 11.3 Å². The molecule has 0 spiro atoms. The lowest BCUT2D eigenvalue weighted by atomic mass is 10.0. The van der Waals surface area contributed by atoms with Gasteiger partial charge < -0.3 is 0 Å². The first-order valence-corrected chi connectivity index (χ1v) is 11.4. The van der Waals surface area contributed by atoms with Crippen LogP contribution in [-0.2, 0) is 15.8 Å². The van der Waals surface area contributed by atoms with Gasteiger partial charge in [0.2, 0.25) is 10.0 Å². The van der Waals surface area contributed by atoms with Crippen LogP contribution in [0, 0.1) is 6.92 Å². The molecule has 1 atom stereocenters. The summed E-state index contributed by atoms with van der Waals surface area (Å²) in [7, 11) is -3.35. The van der Waals surface area contributed by atoms with E-state index in [0.29, 0.717) is 6.54 Å². The molecule has 136 valence electrons. The fraction of sp³-hybridized carbons (Fsp3) is 0.474. The predicted octanol–water partition coefficient (Wildman–Crippen LogP) is 3.70. The first kappa shape index (κ1) is 18.6. The van der Waals surface area contributed by atoms with Gasteiger partial charge in [0.15, 0.2) is 0 Å². The molecule has 1 unspecified atom stereocenters. The number of sulfonamides is 1. The Morgan fingerprint density at radius 3 is 2.68 bits per heavy atom. The second kappa shape index (κ2) is 8.45. The van der Waals surface area contributed by atoms with Crippen LogP contribution in [0.1, 0.15) is 42.0 Å². The van der Waals surface area contributed by atoms with E-state index in [-0.39, 0.29) is 11.8 Å². The molecule has 1 aromatic carbocycles. The quantitative estimate of drug-likeness (QED) is 0.799. The van der Waals surface area contributed by atoms with Crippen molar-refractivity contribution in [3.63, 3.8) is 0 Å². The number of benzene rings is 1. The highest BCUT2D eigenvalue weighted by Crippen LogP contribution is 2.26. The number of nitrogens with zero attached hydrogens (tertiary/aromatic N) is 1. The van der Waals surface area contributed by atoms with Crippen LogP contribution in [0.4, 0.5) is 0 Å². The maximum absolute atomic E-state index is 12.5. The Labute approximate surface area is 154 Å². The number of nitrogens with one attached hydrogen (secondary N) is 1. The molecule has 0 saturated carbocycles. The van der Waals surface area contributed by atoms with E-state index in [0.717, 1.165) is 24.2 Å². The standard InChI is InChI=1S/C19H26N2O2S2/c1-16-6-5-7-17(12-16)15-25(22,23)20-13-19(18-8-11-24-14-18)21-9-3-2-4-10-21/h5-8,11-12,14,19-20H,2-4,9-10,13,15H2,1H3. The summed E-state index contributed by atoms with van der Waals surface area (Å²) in [5.74, 6) is 0.0328. The second-order valence-electron chi connectivity index (χ2n) is 6.77. The van der Waals surface area contributed by atoms with Crippen LogP contribution in [-0.4, -0.2) is 33.0 Å². The van der Waals surface area contributed by atoms with E-state index in [1.807, 2.05) is 31.2 Å². The number of hydrogen-bond acceptors (Lipinski definition) is 4. The SMILES string of the molecule is Cc1cccc(CS(=O)(=O)NCC(c2ccsc2)N2CCCCC2)c1. The first-order valence-electron chi connectivity index (χ1n) is 8.82. The predicted molar refractivity (Wildman–Crippen MR) is 104 cm³/mol. The first-order chi connectivity index (χ1) is 12.0. The van der Waals surface area contributed by atoms with Crippen molar-refractivity contribution in [1.82, 2.24) is 9.62 Å². The minimum atomic E-state index is -3.35. The number of rotatable bonds is 7. The molecule has 2 aromatic rings. The fourth-order valence-corrected chi connectivity index (χ4v) is 5.27. The van der Waals surface area contributed by atoms with Crippen LogP contribution in [0.3, 0.4) is 0 Å². The normalized spacial score (nSPS) is 17.5. The van der Waals surface area contributed by atoms with E-state index in [9.17, 15) is 8.42 Å². The van der Waals surface area contributed by atoms with Gasteiger partial charge in [-0.25, -0.2) is 13.1 Å². The highest BCUT2D eigenvalue weighted by atomic mass is 32.2. The van der Waals surface area contributed by atoms with Crippen LogP contribution >= 0.6 is 11.3 Å². The summed E-state index contributed by atoms with van der Waals surface area (Å²) in [6, 6.07) is 9.92. The molecular weight excluding hydrogens is 352 g/mol. The van der Waals surface area contributed by atoms with Crippen molar-refractivity contribution in [2.45, 2.75) is 38.0 Å². The molecule has 4 nitrogen and oxygen atoms in total. The zero-order chi connectivity index (χ0) is 17.7. The molecule has 0 aliphatic carbocycles. The Morgan fingerprint density at radius 1 is 1.20 bits per heavy atom. The third-order valence-corrected chi connectivity index (χ3v) is 6.72. The molecule has 1 N–H and O–H groups in total.